The predicted molar refractivity (Wildman–Crippen MR) is 91.6 cm³/mol. The number of methoxy groups -OCH3 is 1. The van der Waals surface area contributed by atoms with Crippen LogP contribution in [-0.4, -0.2) is 55.3 Å². The summed E-state index contributed by atoms with van der Waals surface area (Å²) in [5.74, 6) is 1.99. The summed E-state index contributed by atoms with van der Waals surface area (Å²) in [5.41, 5.74) is 0.812. The van der Waals surface area contributed by atoms with E-state index < -0.39 is 9.84 Å². The van der Waals surface area contributed by atoms with Crippen LogP contribution in [0.15, 0.2) is 30.5 Å². The number of hydrogen-bond donors (Lipinski definition) is 1. The van der Waals surface area contributed by atoms with E-state index in [1.54, 1.807) is 19.1 Å². The molecule has 3 rings (SSSR count). The van der Waals surface area contributed by atoms with Gasteiger partial charge in [-0.3, -0.25) is 0 Å². The number of nitrogens with zero attached hydrogens (tertiary/aromatic N) is 4. The molecule has 2 heterocycles. The van der Waals surface area contributed by atoms with Gasteiger partial charge in [-0.15, -0.1) is 5.10 Å². The summed E-state index contributed by atoms with van der Waals surface area (Å²) >= 11 is 0. The molecule has 0 bridgehead atoms. The molecule has 8 nitrogen and oxygen atoms in total. The van der Waals surface area contributed by atoms with Crippen LogP contribution in [0.5, 0.6) is 5.75 Å². The smallest absolute Gasteiger partial charge is 0.247 e. The minimum Gasteiger partial charge on any atom is -0.497 e. The second kappa shape index (κ2) is 6.60. The van der Waals surface area contributed by atoms with Gasteiger partial charge in [-0.2, -0.15) is 10.1 Å². The highest BCUT2D eigenvalue weighted by Gasteiger charge is 2.31. The van der Waals surface area contributed by atoms with E-state index >= 15 is 0 Å². The zero-order valence-corrected chi connectivity index (χ0v) is 14.3. The lowest BCUT2D eigenvalue weighted by atomic mass is 10.2. The Morgan fingerprint density at radius 1 is 1.38 bits per heavy atom. The molecule has 0 saturated carbocycles. The van der Waals surface area contributed by atoms with Gasteiger partial charge < -0.3 is 15.0 Å². The van der Waals surface area contributed by atoms with Gasteiger partial charge in [0, 0.05) is 24.8 Å². The van der Waals surface area contributed by atoms with Gasteiger partial charge in [-0.25, -0.2) is 8.42 Å². The van der Waals surface area contributed by atoms with E-state index in [-0.39, 0.29) is 17.5 Å². The van der Waals surface area contributed by atoms with Crippen LogP contribution in [0, 0.1) is 0 Å². The lowest BCUT2D eigenvalue weighted by molar-refractivity contribution is 0.415. The average Bonchev–Trinajstić information content (AvgIpc) is 2.94. The second-order valence-corrected chi connectivity index (χ2v) is 7.90. The summed E-state index contributed by atoms with van der Waals surface area (Å²) in [4.78, 5) is 6.19. The van der Waals surface area contributed by atoms with Gasteiger partial charge in [0.1, 0.15) is 5.75 Å². The maximum Gasteiger partial charge on any atom is 0.247 e. The molecule has 1 aromatic carbocycles. The molecular formula is C15H19N5O3S. The summed E-state index contributed by atoms with van der Waals surface area (Å²) in [7, 11) is 0.433. The molecule has 1 fully saturated rings. The molecule has 1 N–H and O–H groups in total. The molecule has 0 aliphatic carbocycles. The van der Waals surface area contributed by atoms with Gasteiger partial charge in [0.05, 0.1) is 24.8 Å². The van der Waals surface area contributed by atoms with Gasteiger partial charge in [0.2, 0.25) is 5.95 Å². The van der Waals surface area contributed by atoms with E-state index in [0.29, 0.717) is 18.2 Å². The zero-order chi connectivity index (χ0) is 17.2. The number of benzene rings is 1. The molecule has 0 spiro atoms. The Labute approximate surface area is 140 Å². The number of nitrogens with one attached hydrogen (secondary N) is 1. The Morgan fingerprint density at radius 3 is 2.92 bits per heavy atom. The van der Waals surface area contributed by atoms with Crippen LogP contribution in [-0.2, 0) is 9.84 Å². The topological polar surface area (TPSA) is 97.3 Å². The summed E-state index contributed by atoms with van der Waals surface area (Å²) in [5, 5.41) is 11.1. The number of sulfone groups is 1. The summed E-state index contributed by atoms with van der Waals surface area (Å²) < 4.78 is 28.5. The monoisotopic (exact) mass is 349 g/mol. The molecule has 128 valence electrons. The fourth-order valence-corrected chi connectivity index (χ4v) is 4.37. The first-order valence-corrected chi connectivity index (χ1v) is 9.33. The van der Waals surface area contributed by atoms with Crippen LogP contribution in [0.25, 0.3) is 0 Å². The number of anilines is 3. The van der Waals surface area contributed by atoms with Gasteiger partial charge in [0.15, 0.2) is 15.7 Å². The van der Waals surface area contributed by atoms with Crippen molar-refractivity contribution >= 4 is 27.3 Å². The van der Waals surface area contributed by atoms with E-state index in [0.717, 1.165) is 11.4 Å². The highest BCUT2D eigenvalue weighted by molar-refractivity contribution is 7.91. The summed E-state index contributed by atoms with van der Waals surface area (Å²) in [6.45, 7) is 0. The first-order chi connectivity index (χ1) is 11.5. The van der Waals surface area contributed by atoms with E-state index in [1.807, 2.05) is 24.3 Å². The second-order valence-electron chi connectivity index (χ2n) is 5.67. The molecular weight excluding hydrogens is 330 g/mol. The van der Waals surface area contributed by atoms with Crippen molar-refractivity contribution in [2.45, 2.75) is 12.5 Å². The third kappa shape index (κ3) is 3.73. The molecule has 9 heteroatoms. The van der Waals surface area contributed by atoms with Crippen molar-refractivity contribution in [3.63, 3.8) is 0 Å². The number of rotatable bonds is 5. The molecule has 1 atom stereocenters. The quantitative estimate of drug-likeness (QED) is 0.861. The predicted octanol–water partition coefficient (Wildman–Crippen LogP) is 1.25. The SMILES string of the molecule is COc1cccc(Nc2cnnc(N(C)C3CCS(=O)(=O)C3)n2)c1. The fourth-order valence-electron chi connectivity index (χ4n) is 2.60. The van der Waals surface area contributed by atoms with Crippen molar-refractivity contribution in [3.05, 3.63) is 30.5 Å². The number of aromatic nitrogens is 3. The standard InChI is InChI=1S/C15H19N5O3S/c1-20(12-6-7-24(21,22)10-12)15-18-14(9-16-19-15)17-11-4-3-5-13(8-11)23-2/h3-5,8-9,12H,6-7,10H2,1-2H3,(H,17,18,19). The molecule has 1 unspecified atom stereocenters. The average molecular weight is 349 g/mol. The van der Waals surface area contributed by atoms with Crippen molar-refractivity contribution in [1.29, 1.82) is 0 Å². The fraction of sp³-hybridized carbons (Fsp3) is 0.400. The minimum atomic E-state index is -2.96. The summed E-state index contributed by atoms with van der Waals surface area (Å²) in [6.07, 6.45) is 2.10. The Balaban J connectivity index is 1.76. The van der Waals surface area contributed by atoms with Gasteiger partial charge in [-0.1, -0.05) is 6.07 Å². The van der Waals surface area contributed by atoms with E-state index in [1.165, 1.54) is 6.20 Å². The Kier molecular flexibility index (Phi) is 4.52. The normalized spacial score (nSPS) is 19.0. The molecule has 0 amide bonds. The molecule has 24 heavy (non-hydrogen) atoms. The maximum absolute atomic E-state index is 11.6. The molecule has 1 aliphatic heterocycles. The van der Waals surface area contributed by atoms with E-state index in [9.17, 15) is 8.42 Å². The van der Waals surface area contributed by atoms with Crippen LogP contribution >= 0.6 is 0 Å². The summed E-state index contributed by atoms with van der Waals surface area (Å²) in [6, 6.07) is 7.32. The molecule has 1 saturated heterocycles. The molecule has 0 radical (unpaired) electrons. The largest absolute Gasteiger partial charge is 0.497 e. The van der Waals surface area contributed by atoms with Crippen LogP contribution < -0.4 is 15.0 Å². The maximum atomic E-state index is 11.6. The Morgan fingerprint density at radius 2 is 2.21 bits per heavy atom. The third-order valence-corrected chi connectivity index (χ3v) is 5.71. The molecule has 2 aromatic rings. The van der Waals surface area contributed by atoms with Crippen molar-refractivity contribution in [3.8, 4) is 5.75 Å². The number of ether oxygens (including phenoxy) is 1. The van der Waals surface area contributed by atoms with Gasteiger partial charge >= 0.3 is 0 Å². The van der Waals surface area contributed by atoms with Crippen LogP contribution in [0.3, 0.4) is 0 Å². The van der Waals surface area contributed by atoms with Crippen molar-refractivity contribution in [1.82, 2.24) is 15.2 Å². The Hall–Kier alpha value is -2.42. The number of hydrogen-bond acceptors (Lipinski definition) is 8. The van der Waals surface area contributed by atoms with Crippen molar-refractivity contribution < 1.29 is 13.2 Å². The Bertz CT molecular complexity index is 827. The van der Waals surface area contributed by atoms with Crippen LogP contribution in [0.2, 0.25) is 0 Å². The first kappa shape index (κ1) is 16.4. The lowest BCUT2D eigenvalue weighted by Crippen LogP contribution is -2.34. The zero-order valence-electron chi connectivity index (χ0n) is 13.5. The highest BCUT2D eigenvalue weighted by atomic mass is 32.2. The van der Waals surface area contributed by atoms with Crippen LogP contribution in [0.4, 0.5) is 17.5 Å². The van der Waals surface area contributed by atoms with Crippen molar-refractivity contribution in [2.75, 3.05) is 35.9 Å². The van der Waals surface area contributed by atoms with Gasteiger partial charge in [-0.05, 0) is 18.6 Å². The third-order valence-electron chi connectivity index (χ3n) is 3.96. The van der Waals surface area contributed by atoms with Gasteiger partial charge in [0.25, 0.3) is 0 Å². The molecule has 1 aromatic heterocycles. The minimum absolute atomic E-state index is 0.121. The lowest BCUT2D eigenvalue weighted by Gasteiger charge is -2.22. The van der Waals surface area contributed by atoms with E-state index in [4.69, 9.17) is 4.74 Å². The van der Waals surface area contributed by atoms with E-state index in [2.05, 4.69) is 20.5 Å². The van der Waals surface area contributed by atoms with Crippen molar-refractivity contribution in [2.24, 2.45) is 0 Å². The first-order valence-electron chi connectivity index (χ1n) is 7.51. The molecule has 1 aliphatic rings. The van der Waals surface area contributed by atoms with Crippen LogP contribution in [0.1, 0.15) is 6.42 Å². The highest BCUT2D eigenvalue weighted by Crippen LogP contribution is 2.23.